The molecule has 1 amide bonds. The molecule has 3 aromatic rings. The highest BCUT2D eigenvalue weighted by Gasteiger charge is 2.24. The van der Waals surface area contributed by atoms with Gasteiger partial charge in [0.2, 0.25) is 11.6 Å². The molecule has 0 aliphatic rings. The van der Waals surface area contributed by atoms with E-state index >= 15 is 0 Å². The van der Waals surface area contributed by atoms with Crippen LogP contribution in [-0.4, -0.2) is 28.0 Å². The van der Waals surface area contributed by atoms with Crippen LogP contribution in [0.5, 0.6) is 0 Å². The summed E-state index contributed by atoms with van der Waals surface area (Å²) in [7, 11) is 0. The number of aryl methyl sites for hydroxylation is 1. The molecule has 138 valence electrons. The third-order valence-electron chi connectivity index (χ3n) is 3.72. The molecular formula is C18H16N3O5S+. The largest absolute Gasteiger partial charge is 0.478 e. The number of hydrogen-bond acceptors (Lipinski definition) is 5. The van der Waals surface area contributed by atoms with Crippen molar-refractivity contribution in [2.75, 3.05) is 11.1 Å². The van der Waals surface area contributed by atoms with Crippen LogP contribution in [0.2, 0.25) is 0 Å². The van der Waals surface area contributed by atoms with E-state index in [2.05, 4.69) is 10.6 Å². The van der Waals surface area contributed by atoms with E-state index in [4.69, 9.17) is 9.63 Å². The molecular weight excluding hydrogens is 370 g/mol. The van der Waals surface area contributed by atoms with E-state index in [0.29, 0.717) is 11.4 Å². The molecule has 3 N–H and O–H groups in total. The van der Waals surface area contributed by atoms with Crippen molar-refractivity contribution in [3.05, 3.63) is 70.1 Å². The summed E-state index contributed by atoms with van der Waals surface area (Å²) < 4.78 is 6.28. The van der Waals surface area contributed by atoms with Crippen molar-refractivity contribution in [1.29, 1.82) is 0 Å². The van der Waals surface area contributed by atoms with E-state index in [1.807, 2.05) is 18.2 Å². The van der Waals surface area contributed by atoms with Crippen molar-refractivity contribution in [2.45, 2.75) is 11.9 Å². The topological polar surface area (TPSA) is 116 Å². The van der Waals surface area contributed by atoms with Crippen molar-refractivity contribution >= 4 is 29.3 Å². The lowest BCUT2D eigenvalue weighted by Crippen LogP contribution is -2.36. The molecule has 9 heteroatoms. The second-order valence-electron chi connectivity index (χ2n) is 5.63. The maximum Gasteiger partial charge on any atom is 0.442 e. The minimum absolute atomic E-state index is 0.0494. The summed E-state index contributed by atoms with van der Waals surface area (Å²) in [6.45, 7) is 1.76. The van der Waals surface area contributed by atoms with Crippen molar-refractivity contribution in [2.24, 2.45) is 0 Å². The number of aromatic nitrogens is 2. The number of carboxylic acids is 1. The lowest BCUT2D eigenvalue weighted by Gasteiger charge is -2.08. The third kappa shape index (κ3) is 4.26. The Morgan fingerprint density at radius 3 is 2.67 bits per heavy atom. The van der Waals surface area contributed by atoms with E-state index in [9.17, 15) is 14.4 Å². The summed E-state index contributed by atoms with van der Waals surface area (Å²) in [5, 5.41) is 14.5. The van der Waals surface area contributed by atoms with Gasteiger partial charge in [-0.2, -0.15) is 0 Å². The fraction of sp³-hybridized carbons (Fsp3) is 0.111. The van der Waals surface area contributed by atoms with Gasteiger partial charge in [-0.15, -0.1) is 0 Å². The van der Waals surface area contributed by atoms with Crippen LogP contribution in [0.15, 0.2) is 62.9 Å². The average molecular weight is 386 g/mol. The Bertz CT molecular complexity index is 1040. The predicted octanol–water partition coefficient (Wildman–Crippen LogP) is 1.98. The second kappa shape index (κ2) is 7.92. The van der Waals surface area contributed by atoms with Gasteiger partial charge in [-0.05, 0) is 46.3 Å². The van der Waals surface area contributed by atoms with E-state index in [1.165, 1.54) is 16.8 Å². The summed E-state index contributed by atoms with van der Waals surface area (Å²) in [5.74, 6) is -1.49. The van der Waals surface area contributed by atoms with E-state index in [1.54, 1.807) is 25.1 Å². The lowest BCUT2D eigenvalue weighted by molar-refractivity contribution is -0.704. The molecule has 0 saturated carbocycles. The Morgan fingerprint density at radius 2 is 1.96 bits per heavy atom. The van der Waals surface area contributed by atoms with Crippen LogP contribution in [0.4, 0.5) is 5.69 Å². The highest BCUT2D eigenvalue weighted by Crippen LogP contribution is 2.18. The van der Waals surface area contributed by atoms with Crippen LogP contribution < -0.4 is 15.6 Å². The number of carboxylic acid groups (broad SMARTS) is 1. The Hall–Kier alpha value is -3.33. The summed E-state index contributed by atoms with van der Waals surface area (Å²) >= 11 is 1.02. The molecule has 3 rings (SSSR count). The van der Waals surface area contributed by atoms with Crippen LogP contribution in [0.1, 0.15) is 15.9 Å². The van der Waals surface area contributed by atoms with Gasteiger partial charge in [-0.3, -0.25) is 9.32 Å². The Labute approximate surface area is 157 Å². The van der Waals surface area contributed by atoms with Crippen LogP contribution in [0.25, 0.3) is 5.69 Å². The molecule has 0 aliphatic heterocycles. The van der Waals surface area contributed by atoms with Crippen molar-refractivity contribution in [3.8, 4) is 5.69 Å². The molecule has 0 radical (unpaired) electrons. The van der Waals surface area contributed by atoms with Gasteiger partial charge in [-0.1, -0.05) is 24.3 Å². The molecule has 0 bridgehead atoms. The van der Waals surface area contributed by atoms with Crippen LogP contribution in [0.3, 0.4) is 0 Å². The number of benzene rings is 2. The number of carbonyl (C=O) groups is 2. The van der Waals surface area contributed by atoms with Gasteiger partial charge in [0.25, 0.3) is 0 Å². The summed E-state index contributed by atoms with van der Waals surface area (Å²) in [5.41, 5.74) is 1.34. The molecule has 27 heavy (non-hydrogen) atoms. The van der Waals surface area contributed by atoms with Gasteiger partial charge in [0.1, 0.15) is 0 Å². The lowest BCUT2D eigenvalue weighted by atomic mass is 10.1. The predicted molar refractivity (Wildman–Crippen MR) is 98.4 cm³/mol. The molecule has 0 saturated heterocycles. The molecule has 2 aromatic carbocycles. The number of anilines is 1. The molecule has 0 unspecified atom stereocenters. The zero-order chi connectivity index (χ0) is 19.4. The Kier molecular flexibility index (Phi) is 5.41. The standard InChI is InChI=1S/C18H15N3O5S/c1-11-7-8-12(17(23)24)9-14(11)19-15(22)10-27-16-18(25)26-20-21(16)13-5-3-2-4-6-13/h2-9H,10H2,1H3,(H2-,19,20,22,23,24,25)/p+1. The number of amides is 1. The summed E-state index contributed by atoms with van der Waals surface area (Å²) in [6.07, 6.45) is 0. The van der Waals surface area contributed by atoms with Gasteiger partial charge < -0.3 is 10.4 Å². The highest BCUT2D eigenvalue weighted by atomic mass is 32.2. The van der Waals surface area contributed by atoms with Crippen LogP contribution in [-0.2, 0) is 4.79 Å². The van der Waals surface area contributed by atoms with Crippen molar-refractivity contribution < 1.29 is 23.9 Å². The molecule has 0 fully saturated rings. The fourth-order valence-electron chi connectivity index (χ4n) is 2.34. The summed E-state index contributed by atoms with van der Waals surface area (Å²) in [6, 6.07) is 13.5. The monoisotopic (exact) mass is 386 g/mol. The number of para-hydroxylation sites is 1. The fourth-order valence-corrected chi connectivity index (χ4v) is 3.12. The minimum Gasteiger partial charge on any atom is -0.478 e. The first-order valence-electron chi connectivity index (χ1n) is 7.91. The highest BCUT2D eigenvalue weighted by molar-refractivity contribution is 7.99. The van der Waals surface area contributed by atoms with Gasteiger partial charge >= 0.3 is 16.6 Å². The number of aromatic amines is 1. The van der Waals surface area contributed by atoms with E-state index in [-0.39, 0.29) is 22.2 Å². The number of carbonyl (C=O) groups excluding carboxylic acids is 1. The average Bonchev–Trinajstić information content (AvgIpc) is 3.03. The van der Waals surface area contributed by atoms with Gasteiger partial charge in [-0.25, -0.2) is 9.59 Å². The third-order valence-corrected chi connectivity index (χ3v) is 4.75. The Balaban J connectivity index is 1.72. The molecule has 1 heterocycles. The number of rotatable bonds is 6. The molecule has 0 spiro atoms. The van der Waals surface area contributed by atoms with E-state index < -0.39 is 11.6 Å². The number of nitrogens with one attached hydrogen (secondary N) is 2. The summed E-state index contributed by atoms with van der Waals surface area (Å²) in [4.78, 5) is 35.3. The molecule has 8 nitrogen and oxygen atoms in total. The van der Waals surface area contributed by atoms with Gasteiger partial charge in [0.15, 0.2) is 0 Å². The van der Waals surface area contributed by atoms with E-state index in [0.717, 1.165) is 17.3 Å². The van der Waals surface area contributed by atoms with Crippen LogP contribution in [0, 0.1) is 6.92 Å². The van der Waals surface area contributed by atoms with Gasteiger partial charge in [0, 0.05) is 17.8 Å². The minimum atomic E-state index is -1.08. The molecule has 0 atom stereocenters. The quantitative estimate of drug-likeness (QED) is 0.441. The SMILES string of the molecule is Cc1ccc(C(=O)O)cc1NC(=O)CSc1c(=O)o[nH][n+]1-c1ccccc1. The molecule has 1 aromatic heterocycles. The van der Waals surface area contributed by atoms with Crippen molar-refractivity contribution in [1.82, 2.24) is 5.27 Å². The normalized spacial score (nSPS) is 10.6. The number of nitrogens with zero attached hydrogens (tertiary/aromatic N) is 1. The van der Waals surface area contributed by atoms with Gasteiger partial charge in [0.05, 0.1) is 11.3 Å². The van der Waals surface area contributed by atoms with Crippen LogP contribution >= 0.6 is 11.8 Å². The number of hydrogen-bond donors (Lipinski definition) is 3. The number of thioether (sulfide) groups is 1. The first-order chi connectivity index (χ1) is 13.0. The smallest absolute Gasteiger partial charge is 0.442 e. The zero-order valence-electron chi connectivity index (χ0n) is 14.3. The Morgan fingerprint density at radius 1 is 1.22 bits per heavy atom. The van der Waals surface area contributed by atoms with Crippen molar-refractivity contribution in [3.63, 3.8) is 0 Å². The second-order valence-corrected chi connectivity index (χ2v) is 6.59. The maximum atomic E-state index is 12.3. The first kappa shape index (κ1) is 18.5. The number of H-pyrrole nitrogens is 1. The first-order valence-corrected chi connectivity index (χ1v) is 8.90. The zero-order valence-corrected chi connectivity index (χ0v) is 15.1. The maximum absolute atomic E-state index is 12.3. The number of aromatic carboxylic acids is 1. The molecule has 0 aliphatic carbocycles.